The van der Waals surface area contributed by atoms with Gasteiger partial charge in [-0.05, 0) is 30.0 Å². The highest BCUT2D eigenvalue weighted by molar-refractivity contribution is 5.78. The number of halogens is 1. The maximum absolute atomic E-state index is 12.7. The second-order valence-electron chi connectivity index (χ2n) is 5.44. The Labute approximate surface area is 125 Å². The van der Waals surface area contributed by atoms with Crippen molar-refractivity contribution in [1.29, 1.82) is 0 Å². The van der Waals surface area contributed by atoms with E-state index in [1.54, 1.807) is 12.1 Å². The van der Waals surface area contributed by atoms with Crippen LogP contribution < -0.4 is 10.6 Å². The molecule has 0 fully saturated rings. The molecule has 2 amide bonds. The van der Waals surface area contributed by atoms with Gasteiger partial charge in [0.2, 0.25) is 11.8 Å². The van der Waals surface area contributed by atoms with E-state index in [0.717, 1.165) is 12.0 Å². The lowest BCUT2D eigenvalue weighted by Gasteiger charge is -2.08. The fraction of sp³-hybridized carbons (Fsp3) is 0.500. The lowest BCUT2D eigenvalue weighted by atomic mass is 10.1. The number of hydrogen-bond donors (Lipinski definition) is 2. The van der Waals surface area contributed by atoms with Gasteiger partial charge in [-0.15, -0.1) is 0 Å². The molecule has 0 unspecified atom stereocenters. The monoisotopic (exact) mass is 294 g/mol. The summed E-state index contributed by atoms with van der Waals surface area (Å²) in [5.41, 5.74) is 0.759. The van der Waals surface area contributed by atoms with Gasteiger partial charge in [-0.1, -0.05) is 26.0 Å². The van der Waals surface area contributed by atoms with Crippen molar-refractivity contribution in [3.8, 4) is 0 Å². The first-order valence-corrected chi connectivity index (χ1v) is 7.25. The molecule has 0 heterocycles. The predicted octanol–water partition coefficient (Wildman–Crippen LogP) is 2.04. The zero-order valence-electron chi connectivity index (χ0n) is 12.6. The van der Waals surface area contributed by atoms with Gasteiger partial charge in [-0.2, -0.15) is 0 Å². The Morgan fingerprint density at radius 3 is 2.19 bits per heavy atom. The zero-order chi connectivity index (χ0) is 15.7. The molecular weight excluding hydrogens is 271 g/mol. The number of benzene rings is 1. The maximum Gasteiger partial charge on any atom is 0.224 e. The van der Waals surface area contributed by atoms with Gasteiger partial charge in [-0.25, -0.2) is 4.39 Å². The molecule has 0 aromatic heterocycles. The quantitative estimate of drug-likeness (QED) is 0.721. The van der Waals surface area contributed by atoms with Crippen LogP contribution in [0.15, 0.2) is 24.3 Å². The molecule has 2 N–H and O–H groups in total. The topological polar surface area (TPSA) is 58.2 Å². The predicted molar refractivity (Wildman–Crippen MR) is 80.2 cm³/mol. The van der Waals surface area contributed by atoms with Crippen LogP contribution in [0.2, 0.25) is 0 Å². The molecular formula is C16H23FN2O2. The van der Waals surface area contributed by atoms with Crippen LogP contribution in [0.4, 0.5) is 4.39 Å². The summed E-state index contributed by atoms with van der Waals surface area (Å²) in [6.45, 7) is 4.96. The average Bonchev–Trinajstić information content (AvgIpc) is 2.44. The third-order valence-electron chi connectivity index (χ3n) is 3.00. The first-order valence-electron chi connectivity index (χ1n) is 7.25. The number of nitrogens with one attached hydrogen (secondary N) is 2. The zero-order valence-corrected chi connectivity index (χ0v) is 12.6. The molecule has 1 rings (SSSR count). The lowest BCUT2D eigenvalue weighted by Crippen LogP contribution is -2.35. The molecule has 0 aliphatic heterocycles. The highest BCUT2D eigenvalue weighted by Crippen LogP contribution is 2.03. The minimum Gasteiger partial charge on any atom is -0.354 e. The molecule has 4 nitrogen and oxygen atoms in total. The molecule has 1 aromatic carbocycles. The van der Waals surface area contributed by atoms with Gasteiger partial charge in [0, 0.05) is 19.5 Å². The largest absolute Gasteiger partial charge is 0.354 e. The van der Waals surface area contributed by atoms with E-state index in [4.69, 9.17) is 0 Å². The number of hydrogen-bond acceptors (Lipinski definition) is 2. The summed E-state index contributed by atoms with van der Waals surface area (Å²) in [6, 6.07) is 5.83. The third kappa shape index (κ3) is 8.07. The van der Waals surface area contributed by atoms with Gasteiger partial charge >= 0.3 is 0 Å². The molecule has 0 bridgehead atoms. The highest BCUT2D eigenvalue weighted by atomic mass is 19.1. The van der Waals surface area contributed by atoms with Gasteiger partial charge in [0.25, 0.3) is 0 Å². The van der Waals surface area contributed by atoms with Crippen LogP contribution in [-0.2, 0) is 16.0 Å². The Morgan fingerprint density at radius 2 is 1.62 bits per heavy atom. The molecule has 0 saturated carbocycles. The standard InChI is InChI=1S/C16H23FN2O2/c1-12(2)3-8-15(20)18-9-10-19-16(21)11-13-4-6-14(17)7-5-13/h4-7,12H,3,8-11H2,1-2H3,(H,18,20)(H,19,21). The van der Waals surface area contributed by atoms with Crippen LogP contribution in [0.25, 0.3) is 0 Å². The Morgan fingerprint density at radius 1 is 1.05 bits per heavy atom. The van der Waals surface area contributed by atoms with Gasteiger partial charge in [-0.3, -0.25) is 9.59 Å². The van der Waals surface area contributed by atoms with E-state index in [1.807, 2.05) is 0 Å². The Balaban J connectivity index is 2.13. The minimum absolute atomic E-state index is 0.0106. The van der Waals surface area contributed by atoms with Crippen molar-refractivity contribution in [2.45, 2.75) is 33.1 Å². The van der Waals surface area contributed by atoms with Crippen molar-refractivity contribution < 1.29 is 14.0 Å². The van der Waals surface area contributed by atoms with Crippen molar-refractivity contribution in [2.24, 2.45) is 5.92 Å². The highest BCUT2D eigenvalue weighted by Gasteiger charge is 2.05. The summed E-state index contributed by atoms with van der Waals surface area (Å²) in [6.07, 6.45) is 1.59. The molecule has 0 spiro atoms. The van der Waals surface area contributed by atoms with Gasteiger partial charge in [0.05, 0.1) is 6.42 Å². The fourth-order valence-corrected chi connectivity index (χ4v) is 1.76. The molecule has 0 aliphatic rings. The van der Waals surface area contributed by atoms with E-state index >= 15 is 0 Å². The summed E-state index contributed by atoms with van der Waals surface area (Å²) in [5, 5.41) is 5.48. The molecule has 1 aromatic rings. The van der Waals surface area contributed by atoms with Crippen molar-refractivity contribution >= 4 is 11.8 Å². The van der Waals surface area contributed by atoms with Crippen LogP contribution in [0.3, 0.4) is 0 Å². The SMILES string of the molecule is CC(C)CCC(=O)NCCNC(=O)Cc1ccc(F)cc1. The van der Waals surface area contributed by atoms with E-state index in [0.29, 0.717) is 25.4 Å². The van der Waals surface area contributed by atoms with Crippen LogP contribution >= 0.6 is 0 Å². The summed E-state index contributed by atoms with van der Waals surface area (Å²) in [7, 11) is 0. The summed E-state index contributed by atoms with van der Waals surface area (Å²) in [5.74, 6) is 0.0592. The van der Waals surface area contributed by atoms with Gasteiger partial charge in [0.1, 0.15) is 5.82 Å². The first-order chi connectivity index (χ1) is 9.97. The van der Waals surface area contributed by atoms with Crippen molar-refractivity contribution in [3.63, 3.8) is 0 Å². The molecule has 21 heavy (non-hydrogen) atoms. The van der Waals surface area contributed by atoms with Crippen molar-refractivity contribution in [2.75, 3.05) is 13.1 Å². The smallest absolute Gasteiger partial charge is 0.224 e. The molecule has 0 aliphatic carbocycles. The third-order valence-corrected chi connectivity index (χ3v) is 3.00. The number of rotatable bonds is 8. The Kier molecular flexibility index (Phi) is 7.43. The normalized spacial score (nSPS) is 10.5. The summed E-state index contributed by atoms with van der Waals surface area (Å²) < 4.78 is 12.7. The van der Waals surface area contributed by atoms with E-state index in [2.05, 4.69) is 24.5 Å². The minimum atomic E-state index is -0.316. The molecule has 0 saturated heterocycles. The van der Waals surface area contributed by atoms with E-state index in [1.165, 1.54) is 12.1 Å². The summed E-state index contributed by atoms with van der Waals surface area (Å²) >= 11 is 0. The molecule has 116 valence electrons. The Bertz CT molecular complexity index is 458. The van der Waals surface area contributed by atoms with Gasteiger partial charge in [0.15, 0.2) is 0 Å². The molecule has 0 atom stereocenters. The lowest BCUT2D eigenvalue weighted by molar-refractivity contribution is -0.122. The molecule has 0 radical (unpaired) electrons. The second kappa shape index (κ2) is 9.10. The molecule has 5 heteroatoms. The second-order valence-corrected chi connectivity index (χ2v) is 5.44. The van der Waals surface area contributed by atoms with Crippen LogP contribution in [0.1, 0.15) is 32.3 Å². The average molecular weight is 294 g/mol. The first kappa shape index (κ1) is 17.1. The van der Waals surface area contributed by atoms with E-state index in [-0.39, 0.29) is 24.1 Å². The van der Waals surface area contributed by atoms with Gasteiger partial charge < -0.3 is 10.6 Å². The number of carbonyl (C=O) groups is 2. The number of carbonyl (C=O) groups excluding carboxylic acids is 2. The fourth-order valence-electron chi connectivity index (χ4n) is 1.76. The Hall–Kier alpha value is -1.91. The van der Waals surface area contributed by atoms with E-state index in [9.17, 15) is 14.0 Å². The van der Waals surface area contributed by atoms with E-state index < -0.39 is 0 Å². The number of amides is 2. The summed E-state index contributed by atoms with van der Waals surface area (Å²) in [4.78, 5) is 23.1. The van der Waals surface area contributed by atoms with Crippen molar-refractivity contribution in [1.82, 2.24) is 10.6 Å². The van der Waals surface area contributed by atoms with Crippen LogP contribution in [0, 0.1) is 11.7 Å². The van der Waals surface area contributed by atoms with Crippen molar-refractivity contribution in [3.05, 3.63) is 35.6 Å². The van der Waals surface area contributed by atoms with Crippen LogP contribution in [-0.4, -0.2) is 24.9 Å². The van der Waals surface area contributed by atoms with Crippen LogP contribution in [0.5, 0.6) is 0 Å². The maximum atomic E-state index is 12.7.